The largest absolute Gasteiger partial charge is 0.480 e. The van der Waals surface area contributed by atoms with Crippen molar-refractivity contribution in [2.24, 2.45) is 0 Å². The summed E-state index contributed by atoms with van der Waals surface area (Å²) in [5.41, 5.74) is 0. The molecule has 90 valence electrons. The highest BCUT2D eigenvalue weighted by atomic mass is 35.5. The van der Waals surface area contributed by atoms with Crippen LogP contribution in [0.1, 0.15) is 4.88 Å². The van der Waals surface area contributed by atoms with Gasteiger partial charge in [-0.1, -0.05) is 11.6 Å². The summed E-state index contributed by atoms with van der Waals surface area (Å²) in [6.07, 6.45) is 0. The zero-order valence-electron chi connectivity index (χ0n) is 8.98. The molecule has 1 aromatic rings. The first-order valence-electron chi connectivity index (χ1n) is 4.79. The van der Waals surface area contributed by atoms with Crippen LogP contribution in [0.3, 0.4) is 0 Å². The van der Waals surface area contributed by atoms with Crippen molar-refractivity contribution in [1.29, 1.82) is 0 Å². The lowest BCUT2D eigenvalue weighted by atomic mass is 10.4. The van der Waals surface area contributed by atoms with Crippen LogP contribution >= 0.6 is 22.9 Å². The summed E-state index contributed by atoms with van der Waals surface area (Å²) in [4.78, 5) is 13.5. The smallest absolute Gasteiger partial charge is 0.317 e. The lowest BCUT2D eigenvalue weighted by Crippen LogP contribution is -2.31. The molecule has 6 heteroatoms. The third kappa shape index (κ3) is 4.94. The number of rotatable bonds is 7. The zero-order valence-corrected chi connectivity index (χ0v) is 10.6. The average Bonchev–Trinajstić information content (AvgIpc) is 2.59. The van der Waals surface area contributed by atoms with Crippen molar-refractivity contribution >= 4 is 28.9 Å². The van der Waals surface area contributed by atoms with E-state index in [9.17, 15) is 4.79 Å². The Morgan fingerprint density at radius 2 is 2.38 bits per heavy atom. The van der Waals surface area contributed by atoms with E-state index in [0.29, 0.717) is 19.7 Å². The summed E-state index contributed by atoms with van der Waals surface area (Å²) in [5.74, 6) is -0.834. The minimum absolute atomic E-state index is 0.0128. The van der Waals surface area contributed by atoms with E-state index >= 15 is 0 Å². The number of halogens is 1. The fourth-order valence-corrected chi connectivity index (χ4v) is 2.41. The monoisotopic (exact) mass is 263 g/mol. The second-order valence-electron chi connectivity index (χ2n) is 3.30. The van der Waals surface area contributed by atoms with Gasteiger partial charge in [0.15, 0.2) is 0 Å². The lowest BCUT2D eigenvalue weighted by molar-refractivity contribution is -0.138. The maximum Gasteiger partial charge on any atom is 0.317 e. The number of carboxylic acid groups (broad SMARTS) is 1. The van der Waals surface area contributed by atoms with E-state index in [1.54, 1.807) is 7.11 Å². The Morgan fingerprint density at radius 3 is 2.88 bits per heavy atom. The van der Waals surface area contributed by atoms with E-state index in [1.165, 1.54) is 11.3 Å². The molecule has 0 amide bonds. The highest BCUT2D eigenvalue weighted by Crippen LogP contribution is 2.22. The molecule has 0 aliphatic rings. The summed E-state index contributed by atoms with van der Waals surface area (Å²) in [7, 11) is 1.60. The van der Waals surface area contributed by atoms with Gasteiger partial charge in [0.05, 0.1) is 17.5 Å². The fraction of sp³-hybridized carbons (Fsp3) is 0.500. The van der Waals surface area contributed by atoms with Gasteiger partial charge in [0.1, 0.15) is 0 Å². The highest BCUT2D eigenvalue weighted by molar-refractivity contribution is 7.16. The van der Waals surface area contributed by atoms with Crippen molar-refractivity contribution in [3.63, 3.8) is 0 Å². The minimum Gasteiger partial charge on any atom is -0.480 e. The predicted octanol–water partition coefficient (Wildman–Crippen LogP) is 1.93. The molecule has 0 spiro atoms. The molecule has 0 aliphatic heterocycles. The summed E-state index contributed by atoms with van der Waals surface area (Å²) >= 11 is 7.28. The Balaban J connectivity index is 2.51. The molecule has 0 unspecified atom stereocenters. The molecular weight excluding hydrogens is 250 g/mol. The Morgan fingerprint density at radius 1 is 1.62 bits per heavy atom. The molecule has 4 nitrogen and oxygen atoms in total. The van der Waals surface area contributed by atoms with Crippen molar-refractivity contribution in [3.8, 4) is 0 Å². The van der Waals surface area contributed by atoms with Crippen molar-refractivity contribution < 1.29 is 14.6 Å². The molecule has 0 aromatic carbocycles. The Labute approximate surface area is 103 Å². The first kappa shape index (κ1) is 13.4. The van der Waals surface area contributed by atoms with Crippen LogP contribution in [0, 0.1) is 0 Å². The number of hydrogen-bond donors (Lipinski definition) is 1. The highest BCUT2D eigenvalue weighted by Gasteiger charge is 2.11. The number of nitrogens with zero attached hydrogens (tertiary/aromatic N) is 1. The van der Waals surface area contributed by atoms with Gasteiger partial charge in [-0.05, 0) is 12.1 Å². The number of carboxylic acids is 1. The molecule has 16 heavy (non-hydrogen) atoms. The van der Waals surface area contributed by atoms with Crippen molar-refractivity contribution in [1.82, 2.24) is 4.90 Å². The molecule has 0 fully saturated rings. The number of thiophene rings is 1. The van der Waals surface area contributed by atoms with Crippen LogP contribution in [-0.2, 0) is 16.1 Å². The molecule has 0 atom stereocenters. The van der Waals surface area contributed by atoms with Gasteiger partial charge in [-0.3, -0.25) is 9.69 Å². The lowest BCUT2D eigenvalue weighted by Gasteiger charge is -2.18. The third-order valence-corrected chi connectivity index (χ3v) is 3.19. The SMILES string of the molecule is COCCN(CC(=O)O)Cc1ccc(Cl)s1. The molecule has 1 aromatic heterocycles. The topological polar surface area (TPSA) is 49.8 Å². The van der Waals surface area contributed by atoms with Crippen LogP contribution in [0.5, 0.6) is 0 Å². The van der Waals surface area contributed by atoms with Gasteiger partial charge < -0.3 is 9.84 Å². The molecule has 0 saturated carbocycles. The predicted molar refractivity (Wildman–Crippen MR) is 64.1 cm³/mol. The normalized spacial score (nSPS) is 10.9. The van der Waals surface area contributed by atoms with E-state index in [0.717, 1.165) is 9.21 Å². The van der Waals surface area contributed by atoms with E-state index in [2.05, 4.69) is 0 Å². The first-order chi connectivity index (χ1) is 7.61. The van der Waals surface area contributed by atoms with Gasteiger partial charge in [-0.25, -0.2) is 0 Å². The third-order valence-electron chi connectivity index (χ3n) is 1.98. The molecular formula is C10H14ClNO3S. The number of methoxy groups -OCH3 is 1. The van der Waals surface area contributed by atoms with Crippen LogP contribution in [0.25, 0.3) is 0 Å². The first-order valence-corrected chi connectivity index (χ1v) is 5.98. The molecule has 0 radical (unpaired) electrons. The molecule has 1 N–H and O–H groups in total. The second-order valence-corrected chi connectivity index (χ2v) is 5.10. The number of hydrogen-bond acceptors (Lipinski definition) is 4. The Hall–Kier alpha value is -0.620. The number of ether oxygens (including phenoxy) is 1. The summed E-state index contributed by atoms with van der Waals surface area (Å²) in [5, 5.41) is 8.76. The van der Waals surface area contributed by atoms with Gasteiger partial charge in [0.25, 0.3) is 0 Å². The molecule has 0 bridgehead atoms. The van der Waals surface area contributed by atoms with Gasteiger partial charge in [0, 0.05) is 25.1 Å². The maximum absolute atomic E-state index is 10.7. The van der Waals surface area contributed by atoms with Crippen LogP contribution < -0.4 is 0 Å². The summed E-state index contributed by atoms with van der Waals surface area (Å²) < 4.78 is 5.66. The minimum atomic E-state index is -0.834. The average molecular weight is 264 g/mol. The van der Waals surface area contributed by atoms with Crippen LogP contribution in [0.4, 0.5) is 0 Å². The van der Waals surface area contributed by atoms with E-state index < -0.39 is 5.97 Å². The Kier molecular flexibility index (Phi) is 5.76. The molecule has 1 rings (SSSR count). The van der Waals surface area contributed by atoms with Gasteiger partial charge in [-0.2, -0.15) is 0 Å². The van der Waals surface area contributed by atoms with Crippen molar-refractivity contribution in [2.45, 2.75) is 6.54 Å². The number of aliphatic carboxylic acids is 1. The summed E-state index contributed by atoms with van der Waals surface area (Å²) in [6, 6.07) is 3.73. The maximum atomic E-state index is 10.7. The van der Waals surface area contributed by atoms with Crippen molar-refractivity contribution in [2.75, 3.05) is 26.8 Å². The van der Waals surface area contributed by atoms with Crippen LogP contribution in [0.15, 0.2) is 12.1 Å². The van der Waals surface area contributed by atoms with Gasteiger partial charge in [-0.15, -0.1) is 11.3 Å². The molecule has 0 aliphatic carbocycles. The van der Waals surface area contributed by atoms with E-state index in [-0.39, 0.29) is 6.54 Å². The van der Waals surface area contributed by atoms with Crippen LogP contribution in [-0.4, -0.2) is 42.8 Å². The second kappa shape index (κ2) is 6.85. The van der Waals surface area contributed by atoms with Crippen LogP contribution in [0.2, 0.25) is 4.34 Å². The zero-order chi connectivity index (χ0) is 12.0. The van der Waals surface area contributed by atoms with E-state index in [1.807, 2.05) is 17.0 Å². The number of carbonyl (C=O) groups is 1. The fourth-order valence-electron chi connectivity index (χ4n) is 1.28. The van der Waals surface area contributed by atoms with Crippen molar-refractivity contribution in [3.05, 3.63) is 21.3 Å². The van der Waals surface area contributed by atoms with E-state index in [4.69, 9.17) is 21.4 Å². The summed E-state index contributed by atoms with van der Waals surface area (Å²) in [6.45, 7) is 1.72. The van der Waals surface area contributed by atoms with Gasteiger partial charge >= 0.3 is 5.97 Å². The molecule has 1 heterocycles. The Bertz CT molecular complexity index is 343. The quantitative estimate of drug-likeness (QED) is 0.817. The standard InChI is InChI=1S/C10H14ClNO3S/c1-15-5-4-12(7-10(13)14)6-8-2-3-9(11)16-8/h2-3H,4-7H2,1H3,(H,13,14). The molecule has 0 saturated heterocycles. The van der Waals surface area contributed by atoms with Gasteiger partial charge in [0.2, 0.25) is 0 Å².